The maximum atomic E-state index is 11.5. The first-order chi connectivity index (χ1) is 16.0. The highest BCUT2D eigenvalue weighted by Crippen LogP contribution is 2.24. The molecule has 2 atom stereocenters. The Morgan fingerprint density at radius 1 is 1.06 bits per heavy atom. The Morgan fingerprint density at radius 3 is 2.36 bits per heavy atom. The molecule has 0 spiro atoms. The largest absolute Gasteiger partial charge is 0.391 e. The van der Waals surface area contributed by atoms with Gasteiger partial charge in [-0.3, -0.25) is 4.79 Å². The van der Waals surface area contributed by atoms with Crippen LogP contribution < -0.4 is 21.3 Å². The summed E-state index contributed by atoms with van der Waals surface area (Å²) >= 11 is 0. The Hall–Kier alpha value is -3.69. The van der Waals surface area contributed by atoms with Crippen LogP contribution in [0.3, 0.4) is 0 Å². The highest BCUT2D eigenvalue weighted by Gasteiger charge is 2.20. The van der Waals surface area contributed by atoms with Gasteiger partial charge in [-0.15, -0.1) is 0 Å². The number of aromatic nitrogens is 2. The zero-order valence-electron chi connectivity index (χ0n) is 18.4. The molecule has 0 radical (unpaired) electrons. The molecule has 0 saturated carbocycles. The standard InChI is InChI=1S/C24H28N6O3/c1-16(31)22(23(25)32)27-18-4-2-17(3-5-18)21-10-11-26-24(29-21)28-19-6-8-20(9-7-19)30-12-14-33-15-13-30/h2-11,16,22,27,31H,12-15H2,1H3,(H2,25,32)(H,26,28,29)/t16-,22+/m0/s1. The number of nitrogens with two attached hydrogens (primary N) is 1. The summed E-state index contributed by atoms with van der Waals surface area (Å²) in [5.41, 5.74) is 9.73. The summed E-state index contributed by atoms with van der Waals surface area (Å²) in [6.45, 7) is 4.82. The van der Waals surface area contributed by atoms with Gasteiger partial charge in [-0.05, 0) is 49.4 Å². The fourth-order valence-electron chi connectivity index (χ4n) is 3.63. The van der Waals surface area contributed by atoms with Crippen LogP contribution in [0.25, 0.3) is 11.3 Å². The lowest BCUT2D eigenvalue weighted by atomic mass is 10.1. The monoisotopic (exact) mass is 448 g/mol. The van der Waals surface area contributed by atoms with Crippen molar-refractivity contribution in [1.29, 1.82) is 0 Å². The van der Waals surface area contributed by atoms with Crippen LogP contribution in [-0.4, -0.2) is 59.4 Å². The summed E-state index contributed by atoms with van der Waals surface area (Å²) in [6.07, 6.45) is 0.802. The summed E-state index contributed by atoms with van der Waals surface area (Å²) in [7, 11) is 0. The van der Waals surface area contributed by atoms with Crippen molar-refractivity contribution in [1.82, 2.24) is 9.97 Å². The van der Waals surface area contributed by atoms with E-state index in [1.165, 1.54) is 12.6 Å². The third kappa shape index (κ3) is 5.76. The average molecular weight is 449 g/mol. The van der Waals surface area contributed by atoms with Gasteiger partial charge in [0.15, 0.2) is 0 Å². The number of benzene rings is 2. The number of aliphatic hydroxyl groups is 1. The number of hydrogen-bond donors (Lipinski definition) is 4. The van der Waals surface area contributed by atoms with Crippen molar-refractivity contribution < 1.29 is 14.6 Å². The number of nitrogens with zero attached hydrogens (tertiary/aromatic N) is 3. The Kier molecular flexibility index (Phi) is 7.01. The number of aliphatic hydroxyl groups excluding tert-OH is 1. The zero-order valence-corrected chi connectivity index (χ0v) is 18.4. The lowest BCUT2D eigenvalue weighted by Crippen LogP contribution is -2.43. The van der Waals surface area contributed by atoms with Crippen molar-refractivity contribution >= 4 is 28.9 Å². The number of nitrogens with one attached hydrogen (secondary N) is 2. The van der Waals surface area contributed by atoms with E-state index >= 15 is 0 Å². The van der Waals surface area contributed by atoms with Gasteiger partial charge in [-0.2, -0.15) is 0 Å². The van der Waals surface area contributed by atoms with Gasteiger partial charge in [0.25, 0.3) is 0 Å². The number of carbonyl (C=O) groups is 1. The summed E-state index contributed by atoms with van der Waals surface area (Å²) in [5.74, 6) is -0.115. The van der Waals surface area contributed by atoms with Gasteiger partial charge in [0, 0.05) is 41.9 Å². The Labute approximate surface area is 192 Å². The molecule has 9 nitrogen and oxygen atoms in total. The van der Waals surface area contributed by atoms with Crippen LogP contribution in [0.2, 0.25) is 0 Å². The number of amides is 1. The molecule has 2 aromatic carbocycles. The molecule has 1 saturated heterocycles. The van der Waals surface area contributed by atoms with Gasteiger partial charge in [0.2, 0.25) is 11.9 Å². The van der Waals surface area contributed by atoms with Crippen molar-refractivity contribution in [2.45, 2.75) is 19.1 Å². The van der Waals surface area contributed by atoms with Gasteiger partial charge >= 0.3 is 0 Å². The van der Waals surface area contributed by atoms with E-state index in [0.29, 0.717) is 11.6 Å². The molecule has 0 bridgehead atoms. The molecule has 33 heavy (non-hydrogen) atoms. The molecule has 172 valence electrons. The molecule has 1 amide bonds. The van der Waals surface area contributed by atoms with Crippen LogP contribution in [0.15, 0.2) is 60.8 Å². The molecule has 9 heteroatoms. The average Bonchev–Trinajstić information content (AvgIpc) is 2.84. The first kappa shape index (κ1) is 22.5. The topological polar surface area (TPSA) is 126 Å². The zero-order chi connectivity index (χ0) is 23.2. The number of rotatable bonds is 8. The minimum atomic E-state index is -0.902. The van der Waals surface area contributed by atoms with E-state index in [1.54, 1.807) is 6.20 Å². The molecule has 1 fully saturated rings. The first-order valence-corrected chi connectivity index (χ1v) is 10.9. The third-order valence-electron chi connectivity index (χ3n) is 5.45. The fraction of sp³-hybridized carbons (Fsp3) is 0.292. The van der Waals surface area contributed by atoms with Crippen LogP contribution in [0.4, 0.5) is 23.0 Å². The van der Waals surface area contributed by atoms with Crippen molar-refractivity contribution in [3.05, 3.63) is 60.8 Å². The first-order valence-electron chi connectivity index (χ1n) is 10.9. The fourth-order valence-corrected chi connectivity index (χ4v) is 3.63. The maximum Gasteiger partial charge on any atom is 0.242 e. The number of carbonyl (C=O) groups excluding carboxylic acids is 1. The summed E-state index contributed by atoms with van der Waals surface area (Å²) in [6, 6.07) is 16.5. The number of anilines is 4. The van der Waals surface area contributed by atoms with E-state index < -0.39 is 18.1 Å². The van der Waals surface area contributed by atoms with Gasteiger partial charge in [-0.25, -0.2) is 9.97 Å². The third-order valence-corrected chi connectivity index (χ3v) is 5.45. The smallest absolute Gasteiger partial charge is 0.242 e. The highest BCUT2D eigenvalue weighted by atomic mass is 16.5. The molecule has 0 unspecified atom stereocenters. The van der Waals surface area contributed by atoms with Crippen LogP contribution in [0.1, 0.15) is 6.92 Å². The second-order valence-electron chi connectivity index (χ2n) is 7.88. The normalized spacial score (nSPS) is 15.5. The highest BCUT2D eigenvalue weighted by molar-refractivity contribution is 5.83. The van der Waals surface area contributed by atoms with E-state index in [0.717, 1.165) is 43.2 Å². The molecule has 0 aliphatic carbocycles. The van der Waals surface area contributed by atoms with E-state index in [9.17, 15) is 9.90 Å². The van der Waals surface area contributed by atoms with Crippen molar-refractivity contribution in [2.75, 3.05) is 41.8 Å². The molecule has 2 heterocycles. The van der Waals surface area contributed by atoms with E-state index in [4.69, 9.17) is 10.5 Å². The Balaban J connectivity index is 1.43. The van der Waals surface area contributed by atoms with Crippen LogP contribution in [0, 0.1) is 0 Å². The molecular weight excluding hydrogens is 420 g/mol. The summed E-state index contributed by atoms with van der Waals surface area (Å²) in [4.78, 5) is 22.7. The van der Waals surface area contributed by atoms with Gasteiger partial charge in [0.05, 0.1) is 25.0 Å². The second-order valence-corrected chi connectivity index (χ2v) is 7.88. The molecule has 4 rings (SSSR count). The molecule has 1 aliphatic heterocycles. The molecular formula is C24H28N6O3. The van der Waals surface area contributed by atoms with Crippen molar-refractivity contribution in [3.63, 3.8) is 0 Å². The Morgan fingerprint density at radius 2 is 1.73 bits per heavy atom. The lowest BCUT2D eigenvalue weighted by Gasteiger charge is -2.28. The summed E-state index contributed by atoms with van der Waals surface area (Å²) < 4.78 is 5.41. The van der Waals surface area contributed by atoms with Crippen LogP contribution in [-0.2, 0) is 9.53 Å². The number of ether oxygens (including phenoxy) is 1. The van der Waals surface area contributed by atoms with Crippen molar-refractivity contribution in [2.24, 2.45) is 5.73 Å². The minimum Gasteiger partial charge on any atom is -0.391 e. The second kappa shape index (κ2) is 10.3. The summed E-state index contributed by atoms with van der Waals surface area (Å²) in [5, 5.41) is 15.9. The SMILES string of the molecule is C[C@H](O)[C@@H](Nc1ccc(-c2ccnc(Nc3ccc(N4CCOCC4)cc3)n2)cc1)C(N)=O. The molecule has 1 aromatic heterocycles. The molecule has 3 aromatic rings. The predicted molar refractivity (Wildman–Crippen MR) is 129 cm³/mol. The number of morpholine rings is 1. The molecule has 1 aliphatic rings. The Bertz CT molecular complexity index is 1070. The predicted octanol–water partition coefficient (Wildman–Crippen LogP) is 2.37. The maximum absolute atomic E-state index is 11.5. The minimum absolute atomic E-state index is 0.497. The van der Waals surface area contributed by atoms with E-state index in [1.807, 2.05) is 42.5 Å². The van der Waals surface area contributed by atoms with Crippen LogP contribution in [0.5, 0.6) is 0 Å². The number of hydrogen-bond acceptors (Lipinski definition) is 8. The number of primary amides is 1. The quantitative estimate of drug-likeness (QED) is 0.414. The van der Waals surface area contributed by atoms with Gasteiger partial charge in [0.1, 0.15) is 6.04 Å². The van der Waals surface area contributed by atoms with Gasteiger partial charge < -0.3 is 31.1 Å². The van der Waals surface area contributed by atoms with Crippen LogP contribution >= 0.6 is 0 Å². The molecule has 5 N–H and O–H groups in total. The van der Waals surface area contributed by atoms with Crippen molar-refractivity contribution in [3.8, 4) is 11.3 Å². The van der Waals surface area contributed by atoms with E-state index in [2.05, 4.69) is 37.6 Å². The lowest BCUT2D eigenvalue weighted by molar-refractivity contribution is -0.120. The van der Waals surface area contributed by atoms with Gasteiger partial charge in [-0.1, -0.05) is 12.1 Å². The van der Waals surface area contributed by atoms with E-state index in [-0.39, 0.29) is 0 Å².